The Bertz CT molecular complexity index is 3240. The van der Waals surface area contributed by atoms with Crippen LogP contribution in [0.1, 0.15) is 6.92 Å². The van der Waals surface area contributed by atoms with E-state index in [9.17, 15) is 4.39 Å². The van der Waals surface area contributed by atoms with E-state index in [-0.39, 0.29) is 5.82 Å². The third-order valence-electron chi connectivity index (χ3n) is 10.9. The van der Waals surface area contributed by atoms with Gasteiger partial charge in [0.1, 0.15) is 5.82 Å². The standard InChI is InChI=1S/C51H32FN5.C3H6/c52-36-25-23-33(24-26-36)39-29-27-37(31-44(39)51-54-49(34-13-3-1-4-14-34)53-50(55-51)35-15-5-2-6-16-35)57-47-22-12-9-19-42(47)43-30-28-38(32-48(43)57)56-45-20-10-7-17-40(45)41-18-8-11-21-46(41)56;1-3-2/h1-32H;3H,1H2,2H3. The van der Waals surface area contributed by atoms with Crippen LogP contribution in [0.5, 0.6) is 0 Å². The highest BCUT2D eigenvalue weighted by molar-refractivity contribution is 6.12. The first-order chi connectivity index (χ1) is 29.6. The molecule has 0 fully saturated rings. The first-order valence-corrected chi connectivity index (χ1v) is 20.0. The Morgan fingerprint density at radius 2 is 0.817 bits per heavy atom. The maximum Gasteiger partial charge on any atom is 0.164 e. The molecule has 0 aliphatic rings. The third kappa shape index (κ3) is 6.41. The SMILES string of the molecule is C=CC.Fc1ccc(-c2ccc(-n3c4ccccc4c4ccc(-n5c6ccccc6c6ccccc65)cc43)cc2-c2nc(-c3ccccc3)nc(-c3ccccc3)n2)cc1. The van der Waals surface area contributed by atoms with Crippen LogP contribution in [0.4, 0.5) is 4.39 Å². The van der Waals surface area contributed by atoms with E-state index in [0.717, 1.165) is 72.0 Å². The number of nitrogens with zero attached hydrogens (tertiary/aromatic N) is 5. The minimum absolute atomic E-state index is 0.292. The molecule has 0 unspecified atom stereocenters. The molecule has 0 aliphatic heterocycles. The van der Waals surface area contributed by atoms with Crippen LogP contribution >= 0.6 is 0 Å². The minimum Gasteiger partial charge on any atom is -0.309 e. The van der Waals surface area contributed by atoms with Gasteiger partial charge in [-0.1, -0.05) is 146 Å². The van der Waals surface area contributed by atoms with E-state index in [0.29, 0.717) is 17.5 Å². The van der Waals surface area contributed by atoms with Crippen LogP contribution in [0.25, 0.3) is 100 Å². The lowest BCUT2D eigenvalue weighted by Gasteiger charge is -2.16. The van der Waals surface area contributed by atoms with E-state index < -0.39 is 0 Å². The Hall–Kier alpha value is -7.96. The fourth-order valence-electron chi connectivity index (χ4n) is 8.24. The number of benzene rings is 8. The van der Waals surface area contributed by atoms with Crippen molar-refractivity contribution in [3.8, 4) is 56.7 Å². The number of halogens is 1. The topological polar surface area (TPSA) is 48.5 Å². The van der Waals surface area contributed by atoms with E-state index in [2.05, 4.69) is 125 Å². The van der Waals surface area contributed by atoms with Crippen LogP contribution in [-0.4, -0.2) is 24.1 Å². The van der Waals surface area contributed by atoms with Crippen LogP contribution in [0.15, 0.2) is 207 Å². The van der Waals surface area contributed by atoms with Gasteiger partial charge in [0.05, 0.1) is 22.1 Å². The van der Waals surface area contributed by atoms with E-state index in [1.165, 1.54) is 22.9 Å². The first-order valence-electron chi connectivity index (χ1n) is 20.0. The van der Waals surface area contributed by atoms with Gasteiger partial charge in [0.2, 0.25) is 0 Å². The fourth-order valence-corrected chi connectivity index (χ4v) is 8.24. The Balaban J connectivity index is 0.00000140. The molecular formula is C54H38FN5. The number of fused-ring (bicyclic) bond motifs is 6. The maximum atomic E-state index is 14.3. The first kappa shape index (κ1) is 36.4. The summed E-state index contributed by atoms with van der Waals surface area (Å²) in [5.41, 5.74) is 10.8. The summed E-state index contributed by atoms with van der Waals surface area (Å²) >= 11 is 0. The molecule has 11 rings (SSSR count). The molecule has 6 heteroatoms. The van der Waals surface area contributed by atoms with Gasteiger partial charge >= 0.3 is 0 Å². The Morgan fingerprint density at radius 3 is 1.35 bits per heavy atom. The highest BCUT2D eigenvalue weighted by Gasteiger charge is 2.20. The summed E-state index contributed by atoms with van der Waals surface area (Å²) in [5, 5.41) is 4.74. The molecular weight excluding hydrogens is 738 g/mol. The molecule has 0 N–H and O–H groups in total. The molecule has 0 bridgehead atoms. The molecule has 3 aromatic heterocycles. The van der Waals surface area contributed by atoms with Crippen molar-refractivity contribution in [2.45, 2.75) is 6.92 Å². The van der Waals surface area contributed by atoms with Crippen LogP contribution in [0.3, 0.4) is 0 Å². The maximum absolute atomic E-state index is 14.3. The fraction of sp³-hybridized carbons (Fsp3) is 0.0185. The van der Waals surface area contributed by atoms with Crippen molar-refractivity contribution >= 4 is 43.6 Å². The summed E-state index contributed by atoms with van der Waals surface area (Å²) < 4.78 is 19.0. The van der Waals surface area contributed by atoms with Gasteiger partial charge in [0.15, 0.2) is 17.5 Å². The Morgan fingerprint density at radius 1 is 0.400 bits per heavy atom. The van der Waals surface area contributed by atoms with E-state index in [1.807, 2.05) is 79.7 Å². The van der Waals surface area contributed by atoms with Gasteiger partial charge in [-0.25, -0.2) is 19.3 Å². The average Bonchev–Trinajstić information content (AvgIpc) is 3.82. The molecule has 11 aromatic rings. The number of aromatic nitrogens is 5. The van der Waals surface area contributed by atoms with Crippen molar-refractivity contribution < 1.29 is 4.39 Å². The average molecular weight is 776 g/mol. The van der Waals surface area contributed by atoms with Crippen molar-refractivity contribution in [2.24, 2.45) is 0 Å². The van der Waals surface area contributed by atoms with Crippen LogP contribution in [0.2, 0.25) is 0 Å². The smallest absolute Gasteiger partial charge is 0.164 e. The number of allylic oxidation sites excluding steroid dienone is 1. The van der Waals surface area contributed by atoms with Gasteiger partial charge < -0.3 is 9.13 Å². The summed E-state index contributed by atoms with van der Waals surface area (Å²) in [6.07, 6.45) is 1.75. The van der Waals surface area contributed by atoms with Crippen molar-refractivity contribution in [1.82, 2.24) is 24.1 Å². The molecule has 0 radical (unpaired) electrons. The zero-order valence-corrected chi connectivity index (χ0v) is 32.9. The van der Waals surface area contributed by atoms with Gasteiger partial charge in [-0.05, 0) is 72.6 Å². The summed E-state index contributed by atoms with van der Waals surface area (Å²) in [4.78, 5) is 15.3. The summed E-state index contributed by atoms with van der Waals surface area (Å²) in [5.74, 6) is 1.37. The van der Waals surface area contributed by atoms with Crippen LogP contribution in [0, 0.1) is 5.82 Å². The molecule has 60 heavy (non-hydrogen) atoms. The quantitative estimate of drug-likeness (QED) is 0.158. The van der Waals surface area contributed by atoms with Crippen molar-refractivity contribution in [2.75, 3.05) is 0 Å². The molecule has 8 aromatic carbocycles. The van der Waals surface area contributed by atoms with Crippen LogP contribution in [-0.2, 0) is 0 Å². The van der Waals surface area contributed by atoms with Gasteiger partial charge in [-0.3, -0.25) is 0 Å². The van der Waals surface area contributed by atoms with Crippen molar-refractivity contribution in [3.63, 3.8) is 0 Å². The van der Waals surface area contributed by atoms with Crippen LogP contribution < -0.4 is 0 Å². The van der Waals surface area contributed by atoms with Gasteiger partial charge in [0, 0.05) is 49.6 Å². The Labute approximate surface area is 347 Å². The molecule has 0 saturated carbocycles. The second-order valence-electron chi connectivity index (χ2n) is 14.6. The number of hydrogen-bond acceptors (Lipinski definition) is 3. The predicted molar refractivity (Wildman–Crippen MR) is 246 cm³/mol. The molecule has 0 aliphatic carbocycles. The second kappa shape index (κ2) is 15.4. The third-order valence-corrected chi connectivity index (χ3v) is 10.9. The normalized spacial score (nSPS) is 11.2. The lowest BCUT2D eigenvalue weighted by atomic mass is 9.98. The van der Waals surface area contributed by atoms with Gasteiger partial charge in [0.25, 0.3) is 0 Å². The summed E-state index contributed by atoms with van der Waals surface area (Å²) in [6.45, 7) is 5.25. The minimum atomic E-state index is -0.292. The highest BCUT2D eigenvalue weighted by atomic mass is 19.1. The highest BCUT2D eigenvalue weighted by Crippen LogP contribution is 2.39. The molecule has 0 amide bonds. The van der Waals surface area contributed by atoms with Gasteiger partial charge in [-0.15, -0.1) is 6.58 Å². The largest absolute Gasteiger partial charge is 0.309 e. The molecule has 3 heterocycles. The zero-order chi connectivity index (χ0) is 40.6. The summed E-state index contributed by atoms with van der Waals surface area (Å²) in [6, 6.07) is 65.5. The summed E-state index contributed by atoms with van der Waals surface area (Å²) in [7, 11) is 0. The van der Waals surface area contributed by atoms with E-state index in [4.69, 9.17) is 15.0 Å². The second-order valence-corrected chi connectivity index (χ2v) is 14.6. The Kier molecular flexibility index (Phi) is 9.35. The van der Waals surface area contributed by atoms with Crippen molar-refractivity contribution in [1.29, 1.82) is 0 Å². The molecule has 0 atom stereocenters. The predicted octanol–water partition coefficient (Wildman–Crippen LogP) is 14.1. The number of rotatable bonds is 6. The monoisotopic (exact) mass is 775 g/mol. The number of para-hydroxylation sites is 3. The van der Waals surface area contributed by atoms with Gasteiger partial charge in [-0.2, -0.15) is 0 Å². The zero-order valence-electron chi connectivity index (χ0n) is 32.9. The number of hydrogen-bond donors (Lipinski definition) is 0. The molecule has 286 valence electrons. The lowest BCUT2D eigenvalue weighted by Crippen LogP contribution is -2.02. The van der Waals surface area contributed by atoms with E-state index in [1.54, 1.807) is 6.08 Å². The molecule has 0 saturated heterocycles. The molecule has 5 nitrogen and oxygen atoms in total. The van der Waals surface area contributed by atoms with E-state index >= 15 is 0 Å². The molecule has 0 spiro atoms. The van der Waals surface area contributed by atoms with Crippen molar-refractivity contribution in [3.05, 3.63) is 213 Å². The lowest BCUT2D eigenvalue weighted by molar-refractivity contribution is 0.628.